The van der Waals surface area contributed by atoms with Gasteiger partial charge < -0.3 is 9.47 Å². The molecule has 0 unspecified atom stereocenters. The molecule has 0 N–H and O–H groups in total. The lowest BCUT2D eigenvalue weighted by Gasteiger charge is -2.31. The smallest absolute Gasteiger partial charge is 0.0501 e. The highest BCUT2D eigenvalue weighted by atomic mass is 15.1. The third kappa shape index (κ3) is 5.65. The first-order valence-corrected chi connectivity index (χ1v) is 25.8. The largest absolute Gasteiger partial charge is 0.344 e. The Kier molecular flexibility index (Phi) is 8.62. The summed E-state index contributed by atoms with van der Waals surface area (Å²) in [7, 11) is 4.51. The van der Waals surface area contributed by atoms with Gasteiger partial charge in [-0.05, 0) is 144 Å². The molecule has 0 radical (unpaired) electrons. The molecule has 0 spiro atoms. The van der Waals surface area contributed by atoms with Crippen LogP contribution < -0.4 is 4.90 Å². The average Bonchev–Trinajstić information content (AvgIpc) is 3.74. The van der Waals surface area contributed by atoms with E-state index in [2.05, 4.69) is 266 Å². The van der Waals surface area contributed by atoms with Gasteiger partial charge in [0.25, 0.3) is 0 Å². The van der Waals surface area contributed by atoms with Gasteiger partial charge in [0.05, 0.1) is 5.52 Å². The van der Waals surface area contributed by atoms with E-state index in [0.717, 1.165) is 0 Å². The van der Waals surface area contributed by atoms with Crippen molar-refractivity contribution in [2.24, 2.45) is 7.05 Å². The van der Waals surface area contributed by atoms with Crippen LogP contribution in [0.4, 0.5) is 11.4 Å². The number of hydrogen-bond donors (Lipinski definition) is 0. The fourth-order valence-electron chi connectivity index (χ4n) is 13.5. The van der Waals surface area contributed by atoms with Crippen LogP contribution >= 0.6 is 0 Å². The molecular formula is C72H46N2. The Morgan fingerprint density at radius 1 is 0.243 bits per heavy atom. The van der Waals surface area contributed by atoms with Crippen LogP contribution in [0.3, 0.4) is 0 Å². The normalized spacial score (nSPS) is 12.4. The number of fused-ring (bicyclic) bond motifs is 12. The van der Waals surface area contributed by atoms with E-state index in [4.69, 9.17) is 0 Å². The Bertz CT molecular complexity index is 4810. The lowest BCUT2D eigenvalue weighted by atomic mass is 9.83. The van der Waals surface area contributed by atoms with Crippen LogP contribution in [0.25, 0.3) is 153 Å². The van der Waals surface area contributed by atoms with Crippen molar-refractivity contribution in [3.05, 3.63) is 243 Å². The predicted molar refractivity (Wildman–Crippen MR) is 318 cm³/mol. The molecule has 1 aromatic heterocycles. The minimum absolute atomic E-state index is 1.21. The maximum absolute atomic E-state index is 2.47. The van der Waals surface area contributed by atoms with Crippen LogP contribution in [-0.2, 0) is 7.05 Å². The molecule has 0 bridgehead atoms. The quantitative estimate of drug-likeness (QED) is 0.160. The van der Waals surface area contributed by atoms with Crippen molar-refractivity contribution in [3.8, 4) is 55.6 Å². The molecule has 14 aromatic carbocycles. The number of rotatable bonds is 4. The molecule has 0 atom stereocenters. The lowest BCUT2D eigenvalue weighted by Crippen LogP contribution is -2.15. The third-order valence-corrected chi connectivity index (χ3v) is 16.7. The van der Waals surface area contributed by atoms with E-state index in [1.54, 1.807) is 0 Å². The highest BCUT2D eigenvalue weighted by molar-refractivity contribution is 6.30. The van der Waals surface area contributed by atoms with Gasteiger partial charge in [0.2, 0.25) is 0 Å². The molecule has 16 rings (SSSR count). The summed E-state index contributed by atoms with van der Waals surface area (Å²) in [6, 6.07) is 90.8. The van der Waals surface area contributed by atoms with Crippen molar-refractivity contribution in [2.75, 3.05) is 11.9 Å². The summed E-state index contributed by atoms with van der Waals surface area (Å²) in [5.74, 6) is 0. The second kappa shape index (κ2) is 15.5. The van der Waals surface area contributed by atoms with Gasteiger partial charge in [-0.2, -0.15) is 0 Å². The van der Waals surface area contributed by atoms with Crippen molar-refractivity contribution >= 4 is 109 Å². The van der Waals surface area contributed by atoms with E-state index >= 15 is 0 Å². The topological polar surface area (TPSA) is 8.17 Å². The molecule has 344 valence electrons. The van der Waals surface area contributed by atoms with Gasteiger partial charge in [0, 0.05) is 52.7 Å². The summed E-state index contributed by atoms with van der Waals surface area (Å²) < 4.78 is 2.44. The van der Waals surface area contributed by atoms with Crippen LogP contribution in [0.1, 0.15) is 0 Å². The van der Waals surface area contributed by atoms with Gasteiger partial charge in [-0.1, -0.05) is 218 Å². The number of anilines is 2. The summed E-state index contributed by atoms with van der Waals surface area (Å²) in [5, 5.41) is 20.3. The van der Waals surface area contributed by atoms with E-state index < -0.39 is 0 Å². The van der Waals surface area contributed by atoms with Gasteiger partial charge in [0.1, 0.15) is 0 Å². The van der Waals surface area contributed by atoms with Gasteiger partial charge in [-0.25, -0.2) is 0 Å². The predicted octanol–water partition coefficient (Wildman–Crippen LogP) is 19.8. The molecule has 2 heteroatoms. The Morgan fingerprint density at radius 3 is 1.19 bits per heavy atom. The molecule has 2 heterocycles. The van der Waals surface area contributed by atoms with Crippen LogP contribution in [0, 0.1) is 0 Å². The first kappa shape index (κ1) is 41.2. The monoisotopic (exact) mass is 938 g/mol. The Morgan fingerprint density at radius 2 is 0.662 bits per heavy atom. The zero-order valence-electron chi connectivity index (χ0n) is 41.0. The molecule has 2 nitrogen and oxygen atoms in total. The van der Waals surface area contributed by atoms with Crippen molar-refractivity contribution < 1.29 is 0 Å². The van der Waals surface area contributed by atoms with Crippen molar-refractivity contribution in [3.63, 3.8) is 0 Å². The minimum Gasteiger partial charge on any atom is -0.344 e. The van der Waals surface area contributed by atoms with E-state index in [9.17, 15) is 0 Å². The summed E-state index contributed by atoms with van der Waals surface area (Å²) in [6.07, 6.45) is 0. The SMILES string of the molecule is CN1c2cc(-c3c4ccccc4c(-c4cccc5ccccc45)c4ccccc34)ccc2-c2cc3c(c4cccc1c24)c1ccc(-c2c4ccccc4c(-c4cccc5ccccc45)c4ccccc24)cc1n3C. The van der Waals surface area contributed by atoms with Crippen LogP contribution in [0.5, 0.6) is 0 Å². The number of hydrogen-bond acceptors (Lipinski definition) is 1. The summed E-state index contributed by atoms with van der Waals surface area (Å²) >= 11 is 0. The van der Waals surface area contributed by atoms with Gasteiger partial charge in [-0.3, -0.25) is 0 Å². The van der Waals surface area contributed by atoms with Crippen LogP contribution in [0.2, 0.25) is 0 Å². The second-order valence-corrected chi connectivity index (χ2v) is 20.3. The summed E-state index contributed by atoms with van der Waals surface area (Å²) in [4.78, 5) is 2.43. The molecule has 0 aliphatic carbocycles. The Labute approximate surface area is 428 Å². The summed E-state index contributed by atoms with van der Waals surface area (Å²) in [6.45, 7) is 0. The second-order valence-electron chi connectivity index (χ2n) is 20.3. The molecule has 0 saturated heterocycles. The average molecular weight is 939 g/mol. The zero-order chi connectivity index (χ0) is 48.8. The lowest BCUT2D eigenvalue weighted by molar-refractivity contribution is 1.01. The molecule has 1 aliphatic heterocycles. The molecule has 1 aliphatic rings. The van der Waals surface area contributed by atoms with Crippen LogP contribution in [0.15, 0.2) is 243 Å². The maximum atomic E-state index is 2.47. The maximum Gasteiger partial charge on any atom is 0.0501 e. The standard InChI is InChI=1S/C72H46N2/c1-73-63-35-17-34-61-71-60-39-37-46(68-54-26-9-13-30-58(54)70(59-31-14-10-27-55(59)68)51-33-16-21-44-19-4-6-23-48(44)51)41-65(60)74(2)66(71)42-62(72(61)63)49-38-36-45(40-64(49)73)67-52-24-7-11-28-56(52)69(57-29-12-8-25-53(57)67)50-32-15-20-43-18-3-5-22-47(43)50/h3-42H,1-2H3. The Hall–Kier alpha value is -9.50. The number of aromatic nitrogens is 1. The van der Waals surface area contributed by atoms with E-state index in [0.29, 0.717) is 0 Å². The van der Waals surface area contributed by atoms with E-state index in [1.807, 2.05) is 0 Å². The molecule has 0 saturated carbocycles. The van der Waals surface area contributed by atoms with E-state index in [1.165, 1.54) is 164 Å². The first-order chi connectivity index (χ1) is 36.6. The molecule has 74 heavy (non-hydrogen) atoms. The fourth-order valence-corrected chi connectivity index (χ4v) is 13.5. The van der Waals surface area contributed by atoms with Crippen molar-refractivity contribution in [1.29, 1.82) is 0 Å². The molecule has 0 fully saturated rings. The number of benzene rings is 14. The summed E-state index contributed by atoms with van der Waals surface area (Å²) in [5.41, 5.74) is 17.5. The molecule has 0 amide bonds. The zero-order valence-corrected chi connectivity index (χ0v) is 41.0. The highest BCUT2D eigenvalue weighted by Crippen LogP contribution is 2.54. The molecule has 15 aromatic rings. The van der Waals surface area contributed by atoms with Gasteiger partial charge in [-0.15, -0.1) is 0 Å². The number of aryl methyl sites for hydroxylation is 1. The Balaban J connectivity index is 0.889. The molecular weight excluding hydrogens is 893 g/mol. The first-order valence-electron chi connectivity index (χ1n) is 25.8. The fraction of sp³-hybridized carbons (Fsp3) is 0.0278. The highest BCUT2D eigenvalue weighted by Gasteiger charge is 2.28. The van der Waals surface area contributed by atoms with Gasteiger partial charge >= 0.3 is 0 Å². The number of nitrogens with zero attached hydrogens (tertiary/aromatic N) is 2. The van der Waals surface area contributed by atoms with Crippen molar-refractivity contribution in [1.82, 2.24) is 4.57 Å². The third-order valence-electron chi connectivity index (χ3n) is 16.7. The van der Waals surface area contributed by atoms with Crippen molar-refractivity contribution in [2.45, 2.75) is 0 Å². The van der Waals surface area contributed by atoms with Gasteiger partial charge in [0.15, 0.2) is 0 Å². The minimum atomic E-state index is 1.21. The van der Waals surface area contributed by atoms with Crippen LogP contribution in [-0.4, -0.2) is 11.6 Å². The van der Waals surface area contributed by atoms with E-state index in [-0.39, 0.29) is 0 Å².